The molecule has 20 nitrogen and oxygen atoms in total. The Morgan fingerprint density at radius 2 is 0.705 bits per heavy atom. The Kier molecular flexibility index (Phi) is 19.1. The van der Waals surface area contributed by atoms with Gasteiger partial charge in [0.2, 0.25) is 0 Å². The Hall–Kier alpha value is -12.2. The summed E-state index contributed by atoms with van der Waals surface area (Å²) in [6.07, 6.45) is 18.9. The lowest BCUT2D eigenvalue weighted by Crippen LogP contribution is -2.32. The maximum Gasteiger partial charge on any atom is 0.260 e. The second-order valence-electron chi connectivity index (χ2n) is 27.3. The molecule has 0 bridgehead atoms. The highest BCUT2D eigenvalue weighted by atomic mass is 16.5. The maximum atomic E-state index is 13.7. The number of nitrogen functional groups attached to an aromatic ring is 1. The van der Waals surface area contributed by atoms with E-state index in [0.717, 1.165) is 61.2 Å². The van der Waals surface area contributed by atoms with Crippen LogP contribution in [0.2, 0.25) is 0 Å². The van der Waals surface area contributed by atoms with Gasteiger partial charge in [-0.3, -0.25) is 39.1 Å². The molecule has 0 saturated carbocycles. The predicted molar refractivity (Wildman–Crippen MR) is 410 cm³/mol. The summed E-state index contributed by atoms with van der Waals surface area (Å²) < 4.78 is 35.9. The highest BCUT2D eigenvalue weighted by molar-refractivity contribution is 6.09. The Labute approximate surface area is 609 Å². The number of aliphatic imine (C=N–C) groups is 4. The molecule has 16 rings (SSSR count). The molecule has 4 N–H and O–H groups in total. The highest BCUT2D eigenvalue weighted by Gasteiger charge is 2.38. The van der Waals surface area contributed by atoms with Crippen molar-refractivity contribution >= 4 is 99.2 Å². The third kappa shape index (κ3) is 13.9. The Morgan fingerprint density at radius 3 is 1.07 bits per heavy atom. The number of hydrogen-bond acceptors (Lipinski definition) is 16. The number of nitrogens with zero attached hydrogens (tertiary/aromatic N) is 8. The number of rotatable bonds is 19. The lowest BCUT2D eigenvalue weighted by atomic mass is 10.0. The molecule has 8 aliphatic heterocycles. The van der Waals surface area contributed by atoms with Gasteiger partial charge in [-0.2, -0.15) is 0 Å². The summed E-state index contributed by atoms with van der Waals surface area (Å²) in [5.41, 5.74) is 30.6. The molecule has 0 aromatic heterocycles. The normalized spacial score (nSPS) is 18.5. The third-order valence-corrected chi connectivity index (χ3v) is 20.2. The van der Waals surface area contributed by atoms with Crippen molar-refractivity contribution in [1.82, 2.24) is 19.6 Å². The van der Waals surface area contributed by atoms with Gasteiger partial charge in [-0.05, 0) is 114 Å². The fourth-order valence-electron chi connectivity index (χ4n) is 14.3. The van der Waals surface area contributed by atoms with E-state index in [1.165, 1.54) is 11.1 Å². The number of amides is 4. The van der Waals surface area contributed by atoms with Crippen molar-refractivity contribution in [3.63, 3.8) is 0 Å². The van der Waals surface area contributed by atoms with Crippen LogP contribution in [0.15, 0.2) is 190 Å². The van der Waals surface area contributed by atoms with Crippen LogP contribution in [0.25, 0.3) is 22.3 Å². The van der Waals surface area contributed by atoms with E-state index in [1.807, 2.05) is 124 Å². The molecule has 8 aliphatic rings. The first-order valence-electron chi connectivity index (χ1n) is 35.4. The summed E-state index contributed by atoms with van der Waals surface area (Å²) in [5, 5.41) is 0. The van der Waals surface area contributed by atoms with E-state index >= 15 is 0 Å². The van der Waals surface area contributed by atoms with Gasteiger partial charge in [0.25, 0.3) is 23.6 Å². The van der Waals surface area contributed by atoms with Crippen molar-refractivity contribution < 1.29 is 47.6 Å². The molecular formula is C85H80N10O10. The van der Waals surface area contributed by atoms with Gasteiger partial charge >= 0.3 is 0 Å². The number of anilines is 1. The largest absolute Gasteiger partial charge is 0.493 e. The van der Waals surface area contributed by atoms with Gasteiger partial charge in [0.1, 0.15) is 11.5 Å². The van der Waals surface area contributed by atoms with Crippen LogP contribution in [-0.4, -0.2) is 133 Å². The van der Waals surface area contributed by atoms with Crippen LogP contribution in [0.1, 0.15) is 130 Å². The fraction of sp³-hybridized carbons (Fsp3) is 0.247. The number of nitrogens with two attached hydrogens (primary N) is 2. The second kappa shape index (κ2) is 29.3. The highest BCUT2D eigenvalue weighted by Crippen LogP contribution is 2.45. The number of fused-ring (bicyclic) bond motifs is 8. The number of para-hydroxylation sites is 1. The minimum atomic E-state index is -0.184. The van der Waals surface area contributed by atoms with Gasteiger partial charge in [0.15, 0.2) is 23.0 Å². The van der Waals surface area contributed by atoms with Crippen LogP contribution >= 0.6 is 0 Å². The first kappa shape index (κ1) is 68.6. The molecule has 0 fully saturated rings. The minimum Gasteiger partial charge on any atom is -0.493 e. The molecule has 8 heterocycles. The van der Waals surface area contributed by atoms with Gasteiger partial charge in [-0.1, -0.05) is 102 Å². The van der Waals surface area contributed by atoms with Gasteiger partial charge in [-0.25, -0.2) is 0 Å². The summed E-state index contributed by atoms with van der Waals surface area (Å²) >= 11 is 0. The van der Waals surface area contributed by atoms with Crippen molar-refractivity contribution in [3.05, 3.63) is 243 Å². The van der Waals surface area contributed by atoms with E-state index in [2.05, 4.69) is 74.5 Å². The first-order chi connectivity index (χ1) is 51.1. The number of methoxy groups -OCH3 is 2. The van der Waals surface area contributed by atoms with Crippen LogP contribution in [0.5, 0.6) is 34.5 Å². The Morgan fingerprint density at radius 1 is 0.381 bits per heavy atom. The standard InChI is InChI=1S/C43H41N5O5.C42H39N5O5/c1-26-5-9-29(10-6-26)31-16-34-23-46-38-20-41(40(51-3)18-36(38)43(50)48(34)24-31)53-14-4-13-52-39-19-37-35(15-27(39)2)42(49)47-25-32(17-33(47)22-45-37)30-11-7-28(21-44)8-12-30;1-25-9-11-27(12-10-25)28-16-30-21-45-37-20-40(39(50-3)18-34(37)42(49)46(30)23-28)52-14-6-13-51-38-19-36-33(15-26(38)2)41(48)47-24-29(17-31(47)22-44-36)32-7-4-5-8-35(32)43/h5-12,15,18-20,22-25,33-34H,4,13-14,16-17,21,44H2,1-3H3;4-5,7-12,15,18-24,30-31H,6,13-14,16-17,43H2,1-3H3/t33-,34-;30-,31-/m00/s1. The zero-order valence-electron chi connectivity index (χ0n) is 59.4. The van der Waals surface area contributed by atoms with E-state index < -0.39 is 0 Å². The summed E-state index contributed by atoms with van der Waals surface area (Å²) in [4.78, 5) is 80.6. The van der Waals surface area contributed by atoms with Gasteiger partial charge in [0.05, 0.1) is 110 Å². The molecule has 4 atom stereocenters. The summed E-state index contributed by atoms with van der Waals surface area (Å²) in [6.45, 7) is 9.94. The SMILES string of the molecule is COc1cc2c(cc1OCCCOc1cc3c(cc1C)C(=O)N1C=C(c4ccc(CN)cc4)C[C@H]1C=N3)N=C[C@@H]1CC(c3ccc(C)cc3)=CN1C2=O.COc1cc2c(cc1OCCCOc1cc3c(cc1C)C(=O)N1C=C(c4ccccc4N)C[C@H]1C=N3)N=C[C@@H]1CC(c3ccc(C)cc3)=CN1C2=O. The Bertz CT molecular complexity index is 5070. The van der Waals surface area contributed by atoms with Gasteiger partial charge in [-0.15, -0.1) is 0 Å². The molecule has 105 heavy (non-hydrogen) atoms. The molecule has 8 aromatic carbocycles. The lowest BCUT2D eigenvalue weighted by molar-refractivity contribution is 0.0809. The van der Waals surface area contributed by atoms with Crippen molar-refractivity contribution in [2.75, 3.05) is 46.4 Å². The van der Waals surface area contributed by atoms with Gasteiger partial charge in [0, 0.05) is 130 Å². The van der Waals surface area contributed by atoms with E-state index in [4.69, 9.17) is 59.9 Å². The van der Waals surface area contributed by atoms with Crippen LogP contribution in [0.4, 0.5) is 28.4 Å². The van der Waals surface area contributed by atoms with Crippen LogP contribution < -0.4 is 39.9 Å². The number of aryl methyl sites for hydroxylation is 4. The topological polar surface area (TPSA) is 238 Å². The maximum absolute atomic E-state index is 13.7. The van der Waals surface area contributed by atoms with E-state index in [-0.39, 0.29) is 47.8 Å². The van der Waals surface area contributed by atoms with Crippen molar-refractivity contribution in [2.24, 2.45) is 25.7 Å². The van der Waals surface area contributed by atoms with E-state index in [1.54, 1.807) is 58.1 Å². The van der Waals surface area contributed by atoms with E-state index in [0.29, 0.717) is 157 Å². The smallest absolute Gasteiger partial charge is 0.260 e. The first-order valence-corrected chi connectivity index (χ1v) is 35.4. The molecular weight excluding hydrogens is 1320 g/mol. The molecule has 0 saturated heterocycles. The lowest BCUT2D eigenvalue weighted by Gasteiger charge is -2.19. The zero-order chi connectivity index (χ0) is 72.6. The number of ether oxygens (including phenoxy) is 6. The Balaban J connectivity index is 0.000000169. The van der Waals surface area contributed by atoms with Crippen LogP contribution in [0, 0.1) is 27.7 Å². The molecule has 8 aromatic rings. The summed E-state index contributed by atoms with van der Waals surface area (Å²) in [5.74, 6) is 2.83. The van der Waals surface area contributed by atoms with Gasteiger partial charge < -0.3 is 59.5 Å². The second-order valence-corrected chi connectivity index (χ2v) is 27.3. The zero-order valence-corrected chi connectivity index (χ0v) is 59.4. The molecule has 0 unspecified atom stereocenters. The van der Waals surface area contributed by atoms with Crippen molar-refractivity contribution in [3.8, 4) is 34.5 Å². The minimum absolute atomic E-state index is 0.0799. The summed E-state index contributed by atoms with van der Waals surface area (Å²) in [7, 11) is 3.12. The number of hydrogen-bond donors (Lipinski definition) is 2. The monoisotopic (exact) mass is 1400 g/mol. The third-order valence-electron chi connectivity index (χ3n) is 20.2. The average Bonchev–Trinajstić information content (AvgIpc) is 1.64. The predicted octanol–water partition coefficient (Wildman–Crippen LogP) is 15.2. The van der Waals surface area contributed by atoms with E-state index in [9.17, 15) is 19.2 Å². The van der Waals surface area contributed by atoms with Crippen molar-refractivity contribution in [1.29, 1.82) is 0 Å². The average molecular weight is 1400 g/mol. The number of benzene rings is 8. The molecule has 0 spiro atoms. The fourth-order valence-corrected chi connectivity index (χ4v) is 14.3. The molecule has 530 valence electrons. The van der Waals surface area contributed by atoms with Crippen LogP contribution in [0.3, 0.4) is 0 Å². The summed E-state index contributed by atoms with van der Waals surface area (Å²) in [6, 6.07) is 46.2. The molecule has 20 heteroatoms. The van der Waals surface area contributed by atoms with Crippen LogP contribution in [-0.2, 0) is 6.54 Å². The number of carbonyl (C=O) groups is 4. The molecule has 0 radical (unpaired) electrons. The molecule has 0 aliphatic carbocycles. The van der Waals surface area contributed by atoms with Crippen molar-refractivity contribution in [2.45, 2.75) is 96.9 Å². The number of carbonyl (C=O) groups excluding carboxylic acids is 4. The molecule has 4 amide bonds. The quantitative estimate of drug-likeness (QED) is 0.0568.